The lowest BCUT2D eigenvalue weighted by molar-refractivity contribution is 0.414. The number of nitrogens with one attached hydrogen (secondary N) is 2. The van der Waals surface area contributed by atoms with Gasteiger partial charge in [0.05, 0.1) is 13.7 Å². The third-order valence-electron chi connectivity index (χ3n) is 4.77. The minimum atomic E-state index is 0.0216. The van der Waals surface area contributed by atoms with Crippen LogP contribution >= 0.6 is 0 Å². The van der Waals surface area contributed by atoms with Crippen LogP contribution in [0.3, 0.4) is 0 Å². The van der Waals surface area contributed by atoms with Crippen molar-refractivity contribution in [3.63, 3.8) is 0 Å². The monoisotopic (exact) mass is 386 g/mol. The Labute approximate surface area is 165 Å². The smallest absolute Gasteiger partial charge is 0.345 e. The maximum atomic E-state index is 12.4. The van der Waals surface area contributed by atoms with Gasteiger partial charge in [0.25, 0.3) is 0 Å². The molecule has 0 saturated heterocycles. The fourth-order valence-electron chi connectivity index (χ4n) is 3.31. The number of ether oxygens (including phenoxy) is 1. The van der Waals surface area contributed by atoms with Crippen LogP contribution < -0.4 is 21.1 Å². The van der Waals surface area contributed by atoms with Gasteiger partial charge in [-0.1, -0.05) is 12.1 Å². The molecule has 3 rings (SSSR count). The number of hydrogen-bond donors (Lipinski definition) is 2. The molecule has 0 fully saturated rings. The highest BCUT2D eigenvalue weighted by atomic mass is 16.5. The molecule has 1 aromatic heterocycles. The summed E-state index contributed by atoms with van der Waals surface area (Å²) in [5.74, 6) is 2.53. The van der Waals surface area contributed by atoms with Crippen molar-refractivity contribution >= 4 is 5.96 Å². The number of hydrogen-bond acceptors (Lipinski definition) is 4. The first-order valence-electron chi connectivity index (χ1n) is 10.0. The van der Waals surface area contributed by atoms with Crippen LogP contribution in [0.15, 0.2) is 34.1 Å². The molecule has 8 nitrogen and oxygen atoms in total. The summed E-state index contributed by atoms with van der Waals surface area (Å²) in [6.45, 7) is 5.53. The van der Waals surface area contributed by atoms with E-state index >= 15 is 0 Å². The molecule has 8 heteroatoms. The summed E-state index contributed by atoms with van der Waals surface area (Å²) in [6, 6.07) is 7.90. The van der Waals surface area contributed by atoms with Crippen molar-refractivity contribution in [2.75, 3.05) is 20.2 Å². The first kappa shape index (κ1) is 20.0. The largest absolute Gasteiger partial charge is 0.497 e. The minimum Gasteiger partial charge on any atom is -0.497 e. The Kier molecular flexibility index (Phi) is 7.11. The van der Waals surface area contributed by atoms with Gasteiger partial charge in [-0.2, -0.15) is 5.10 Å². The highest BCUT2D eigenvalue weighted by Gasteiger charge is 2.16. The molecule has 0 atom stereocenters. The standard InChI is InChI=1S/C20H30N6O2/c1-3-21-19(23-15-16-8-6-9-17(14-16)28-2)22-11-7-13-26-20(27)25-12-5-4-10-18(25)24-26/h6,8-9,14H,3-5,7,10-13,15H2,1-2H3,(H2,21,22,23). The number of methoxy groups -OCH3 is 1. The van der Waals surface area contributed by atoms with Crippen molar-refractivity contribution < 1.29 is 4.74 Å². The Morgan fingerprint density at radius 2 is 2.21 bits per heavy atom. The third kappa shape index (κ3) is 5.15. The molecular weight excluding hydrogens is 356 g/mol. The van der Waals surface area contributed by atoms with Gasteiger partial charge < -0.3 is 15.4 Å². The van der Waals surface area contributed by atoms with Crippen LogP contribution in [0.1, 0.15) is 37.6 Å². The van der Waals surface area contributed by atoms with E-state index in [0.717, 1.165) is 68.4 Å². The lowest BCUT2D eigenvalue weighted by Gasteiger charge is -2.11. The molecule has 152 valence electrons. The highest BCUT2D eigenvalue weighted by Crippen LogP contribution is 2.13. The van der Waals surface area contributed by atoms with E-state index in [4.69, 9.17) is 4.74 Å². The molecule has 2 aromatic rings. The van der Waals surface area contributed by atoms with E-state index < -0.39 is 0 Å². The molecule has 0 amide bonds. The van der Waals surface area contributed by atoms with E-state index in [1.807, 2.05) is 35.8 Å². The summed E-state index contributed by atoms with van der Waals surface area (Å²) in [4.78, 5) is 17.0. The molecule has 0 aliphatic carbocycles. The molecule has 0 bridgehead atoms. The van der Waals surface area contributed by atoms with Gasteiger partial charge in [-0.25, -0.2) is 14.5 Å². The quantitative estimate of drug-likeness (QED) is 0.408. The molecule has 28 heavy (non-hydrogen) atoms. The second-order valence-electron chi connectivity index (χ2n) is 6.86. The van der Waals surface area contributed by atoms with Gasteiger partial charge in [-0.3, -0.25) is 4.57 Å². The summed E-state index contributed by atoms with van der Waals surface area (Å²) < 4.78 is 8.67. The molecule has 1 aliphatic heterocycles. The number of guanidine groups is 1. The van der Waals surface area contributed by atoms with Gasteiger partial charge in [0.2, 0.25) is 0 Å². The Morgan fingerprint density at radius 3 is 3.00 bits per heavy atom. The molecule has 0 saturated carbocycles. The van der Waals surface area contributed by atoms with Crippen molar-refractivity contribution in [1.82, 2.24) is 25.0 Å². The highest BCUT2D eigenvalue weighted by molar-refractivity contribution is 5.79. The van der Waals surface area contributed by atoms with Crippen LogP contribution in [0.25, 0.3) is 0 Å². The molecule has 0 radical (unpaired) electrons. The van der Waals surface area contributed by atoms with Crippen LogP contribution in [0.2, 0.25) is 0 Å². The van der Waals surface area contributed by atoms with Gasteiger partial charge in [-0.05, 0) is 43.9 Å². The molecule has 1 aliphatic rings. The molecule has 1 aromatic carbocycles. The zero-order valence-corrected chi connectivity index (χ0v) is 16.8. The van der Waals surface area contributed by atoms with Crippen LogP contribution in [-0.2, 0) is 26.1 Å². The van der Waals surface area contributed by atoms with E-state index in [9.17, 15) is 4.79 Å². The Hall–Kier alpha value is -2.77. The summed E-state index contributed by atoms with van der Waals surface area (Å²) in [5.41, 5.74) is 1.11. The fourth-order valence-corrected chi connectivity index (χ4v) is 3.31. The van der Waals surface area contributed by atoms with Gasteiger partial charge >= 0.3 is 5.69 Å². The normalized spacial score (nSPS) is 13.9. The van der Waals surface area contributed by atoms with Gasteiger partial charge in [0.15, 0.2) is 5.96 Å². The van der Waals surface area contributed by atoms with Crippen molar-refractivity contribution in [2.24, 2.45) is 4.99 Å². The maximum absolute atomic E-state index is 12.4. The third-order valence-corrected chi connectivity index (χ3v) is 4.77. The lowest BCUT2D eigenvalue weighted by Crippen LogP contribution is -2.38. The average Bonchev–Trinajstić information content (AvgIpc) is 3.05. The van der Waals surface area contributed by atoms with Gasteiger partial charge in [0.1, 0.15) is 11.6 Å². The maximum Gasteiger partial charge on any atom is 0.345 e. The fraction of sp³-hybridized carbons (Fsp3) is 0.550. The molecule has 0 unspecified atom stereocenters. The van der Waals surface area contributed by atoms with E-state index in [1.54, 1.807) is 11.8 Å². The number of aryl methyl sites for hydroxylation is 2. The predicted octanol–water partition coefficient (Wildman–Crippen LogP) is 1.54. The second-order valence-corrected chi connectivity index (χ2v) is 6.86. The summed E-state index contributed by atoms with van der Waals surface area (Å²) in [6.07, 6.45) is 3.89. The number of aromatic nitrogens is 3. The summed E-state index contributed by atoms with van der Waals surface area (Å²) in [7, 11) is 1.66. The Balaban J connectivity index is 1.51. The molecule has 2 heterocycles. The first-order chi connectivity index (χ1) is 13.7. The van der Waals surface area contributed by atoms with Crippen molar-refractivity contribution in [1.29, 1.82) is 0 Å². The lowest BCUT2D eigenvalue weighted by atomic mass is 10.2. The second kappa shape index (κ2) is 9.96. The zero-order valence-electron chi connectivity index (χ0n) is 16.8. The van der Waals surface area contributed by atoms with E-state index in [0.29, 0.717) is 13.1 Å². The predicted molar refractivity (Wildman–Crippen MR) is 110 cm³/mol. The van der Waals surface area contributed by atoms with Crippen molar-refractivity contribution in [3.8, 4) is 5.75 Å². The summed E-state index contributed by atoms with van der Waals surface area (Å²) in [5, 5.41) is 11.1. The van der Waals surface area contributed by atoms with Crippen LogP contribution in [0.5, 0.6) is 5.75 Å². The van der Waals surface area contributed by atoms with Crippen LogP contribution in [-0.4, -0.2) is 40.5 Å². The SMILES string of the molecule is CCNC(=NCc1cccc(OC)c1)NCCCn1nc2n(c1=O)CCCC2. The molecule has 2 N–H and O–H groups in total. The number of rotatable bonds is 8. The van der Waals surface area contributed by atoms with E-state index in [-0.39, 0.29) is 5.69 Å². The van der Waals surface area contributed by atoms with Crippen molar-refractivity contribution in [3.05, 3.63) is 46.1 Å². The minimum absolute atomic E-state index is 0.0216. The molecule has 0 spiro atoms. The number of fused-ring (bicyclic) bond motifs is 1. The summed E-state index contributed by atoms with van der Waals surface area (Å²) >= 11 is 0. The van der Waals surface area contributed by atoms with E-state index in [1.165, 1.54) is 0 Å². The van der Waals surface area contributed by atoms with Crippen LogP contribution in [0.4, 0.5) is 0 Å². The Bertz CT molecular complexity index is 855. The topological polar surface area (TPSA) is 85.5 Å². The van der Waals surface area contributed by atoms with E-state index in [2.05, 4.69) is 20.7 Å². The van der Waals surface area contributed by atoms with Crippen molar-refractivity contribution in [2.45, 2.75) is 52.2 Å². The number of nitrogens with zero attached hydrogens (tertiary/aromatic N) is 4. The van der Waals surface area contributed by atoms with Gasteiger partial charge in [0, 0.05) is 32.6 Å². The number of aliphatic imine (C=N–C) groups is 1. The average molecular weight is 387 g/mol. The molecular formula is C20H30N6O2. The number of benzene rings is 1. The first-order valence-corrected chi connectivity index (χ1v) is 10.0. The van der Waals surface area contributed by atoms with Gasteiger partial charge in [-0.15, -0.1) is 0 Å². The Morgan fingerprint density at radius 1 is 1.32 bits per heavy atom. The van der Waals surface area contributed by atoms with Crippen LogP contribution in [0, 0.1) is 0 Å². The zero-order chi connectivity index (χ0) is 19.8.